The van der Waals surface area contributed by atoms with E-state index in [0.29, 0.717) is 23.4 Å². The molecule has 0 bridgehead atoms. The molecule has 3 unspecified atom stereocenters. The number of fused-ring (bicyclic) bond motifs is 5. The smallest absolute Gasteiger partial charge is 0.304 e. The zero-order valence-electron chi connectivity index (χ0n) is 20.1. The zero-order chi connectivity index (χ0) is 25.0. The summed E-state index contributed by atoms with van der Waals surface area (Å²) in [6.07, 6.45) is 9.87. The highest BCUT2D eigenvalue weighted by molar-refractivity contribution is 7.92. The van der Waals surface area contributed by atoms with E-state index in [1.54, 1.807) is 12.3 Å². The van der Waals surface area contributed by atoms with Crippen molar-refractivity contribution in [3.63, 3.8) is 0 Å². The molecule has 186 valence electrons. The number of rotatable bonds is 6. The van der Waals surface area contributed by atoms with Crippen LogP contribution in [-0.2, 0) is 21.2 Å². The lowest BCUT2D eigenvalue weighted by Crippen LogP contribution is -2.41. The second kappa shape index (κ2) is 8.73. The summed E-state index contributed by atoms with van der Waals surface area (Å²) in [7, 11) is -2.21. The van der Waals surface area contributed by atoms with Crippen molar-refractivity contribution in [3.8, 4) is 0 Å². The molecule has 1 fully saturated rings. The third-order valence-electron chi connectivity index (χ3n) is 8.66. The van der Waals surface area contributed by atoms with E-state index in [2.05, 4.69) is 24.1 Å². The first-order valence-corrected chi connectivity index (χ1v) is 13.8. The molecule has 0 saturated heterocycles. The van der Waals surface area contributed by atoms with E-state index >= 15 is 0 Å². The fourth-order valence-corrected chi connectivity index (χ4v) is 7.99. The number of anilines is 1. The Bertz CT molecular complexity index is 1310. The highest BCUT2D eigenvalue weighted by atomic mass is 32.2. The monoisotopic (exact) mass is 498 g/mol. The van der Waals surface area contributed by atoms with Crippen LogP contribution in [0.4, 0.5) is 10.1 Å². The Labute approximate surface area is 205 Å². The third kappa shape index (κ3) is 4.15. The summed E-state index contributed by atoms with van der Waals surface area (Å²) in [6, 6.07) is 7.49. The van der Waals surface area contributed by atoms with Gasteiger partial charge in [0.1, 0.15) is 5.82 Å². The Morgan fingerprint density at radius 3 is 2.80 bits per heavy atom. The van der Waals surface area contributed by atoms with Gasteiger partial charge in [-0.15, -0.1) is 0 Å². The minimum Gasteiger partial charge on any atom is -0.481 e. The van der Waals surface area contributed by atoms with Crippen molar-refractivity contribution in [1.29, 1.82) is 0 Å². The van der Waals surface area contributed by atoms with E-state index < -0.39 is 28.2 Å². The second-order valence-electron chi connectivity index (χ2n) is 10.4. The van der Waals surface area contributed by atoms with Crippen molar-refractivity contribution in [1.82, 2.24) is 4.98 Å². The van der Waals surface area contributed by atoms with Crippen molar-refractivity contribution in [2.24, 2.45) is 17.3 Å². The van der Waals surface area contributed by atoms with Crippen LogP contribution in [0, 0.1) is 23.1 Å². The fraction of sp³-hybridized carbons (Fsp3) is 0.481. The summed E-state index contributed by atoms with van der Waals surface area (Å²) in [5, 5.41) is 8.87. The van der Waals surface area contributed by atoms with Crippen LogP contribution in [0.3, 0.4) is 0 Å². The van der Waals surface area contributed by atoms with Gasteiger partial charge in [0.05, 0.1) is 24.1 Å². The van der Waals surface area contributed by atoms with Gasteiger partial charge in [0.2, 0.25) is 10.0 Å². The van der Waals surface area contributed by atoms with Crippen LogP contribution in [0.5, 0.6) is 0 Å². The molecular formula is C27H31FN2O4S. The molecule has 0 spiro atoms. The molecule has 3 aliphatic carbocycles. The number of sulfonamides is 1. The van der Waals surface area contributed by atoms with E-state index in [4.69, 9.17) is 5.11 Å². The number of aryl methyl sites for hydroxylation is 1. The maximum absolute atomic E-state index is 13.9. The summed E-state index contributed by atoms with van der Waals surface area (Å²) in [6.45, 7) is 2.33. The number of carbonyl (C=O) groups is 1. The number of hydrogen-bond acceptors (Lipinski definition) is 4. The first-order chi connectivity index (χ1) is 16.6. The van der Waals surface area contributed by atoms with Crippen molar-refractivity contribution in [2.45, 2.75) is 51.4 Å². The average molecular weight is 499 g/mol. The topological polar surface area (TPSA) is 87.6 Å². The van der Waals surface area contributed by atoms with Gasteiger partial charge in [-0.05, 0) is 95.7 Å². The molecule has 0 amide bonds. The SMILES string of the molecule is CN(c1ccc2c(c1)CCC1C2CC[C@]2(C)C(c3cncc(F)c3)=CCC12)S(=O)(=O)CCC(=O)O. The second-order valence-corrected chi connectivity index (χ2v) is 12.5. The number of aromatic nitrogens is 1. The number of nitrogens with zero attached hydrogens (tertiary/aromatic N) is 2. The fourth-order valence-electron chi connectivity index (χ4n) is 6.85. The minimum atomic E-state index is -3.70. The van der Waals surface area contributed by atoms with Gasteiger partial charge in [-0.2, -0.15) is 0 Å². The molecule has 3 aliphatic rings. The Morgan fingerprint density at radius 2 is 2.06 bits per heavy atom. The lowest BCUT2D eigenvalue weighted by Gasteiger charge is -2.50. The molecular weight excluding hydrogens is 467 g/mol. The van der Waals surface area contributed by atoms with Gasteiger partial charge >= 0.3 is 5.97 Å². The number of carboxylic acid groups (broad SMARTS) is 1. The van der Waals surface area contributed by atoms with Gasteiger partial charge in [0.15, 0.2) is 0 Å². The Hall–Kier alpha value is -2.74. The number of halogens is 1. The van der Waals surface area contributed by atoms with E-state index in [1.165, 1.54) is 34.2 Å². The number of allylic oxidation sites excluding steroid dienone is 2. The molecule has 6 nitrogen and oxygen atoms in total. The number of benzene rings is 1. The summed E-state index contributed by atoms with van der Waals surface area (Å²) >= 11 is 0. The number of carboxylic acids is 1. The first-order valence-electron chi connectivity index (χ1n) is 12.2. The van der Waals surface area contributed by atoms with Crippen LogP contribution in [0.25, 0.3) is 5.57 Å². The molecule has 1 aromatic heterocycles. The van der Waals surface area contributed by atoms with Crippen molar-refractivity contribution in [3.05, 3.63) is 65.2 Å². The van der Waals surface area contributed by atoms with E-state index in [1.807, 2.05) is 12.1 Å². The summed E-state index contributed by atoms with van der Waals surface area (Å²) in [4.78, 5) is 14.9. The van der Waals surface area contributed by atoms with Gasteiger partial charge in [0.25, 0.3) is 0 Å². The predicted octanol–water partition coefficient (Wildman–Crippen LogP) is 5.01. The van der Waals surface area contributed by atoms with Gasteiger partial charge in [-0.1, -0.05) is 19.1 Å². The van der Waals surface area contributed by atoms with Crippen molar-refractivity contribution >= 4 is 27.3 Å². The molecule has 8 heteroatoms. The molecule has 0 aliphatic heterocycles. The normalized spacial score (nSPS) is 27.4. The largest absolute Gasteiger partial charge is 0.481 e. The Kier molecular flexibility index (Phi) is 5.98. The molecule has 1 saturated carbocycles. The molecule has 2 aromatic rings. The van der Waals surface area contributed by atoms with Crippen LogP contribution >= 0.6 is 0 Å². The van der Waals surface area contributed by atoms with Gasteiger partial charge < -0.3 is 5.11 Å². The first kappa shape index (κ1) is 24.0. The van der Waals surface area contributed by atoms with Crippen LogP contribution in [0.2, 0.25) is 0 Å². The maximum atomic E-state index is 13.9. The summed E-state index contributed by atoms with van der Waals surface area (Å²) < 4.78 is 40.3. The molecule has 0 radical (unpaired) electrons. The molecule has 4 atom stereocenters. The van der Waals surface area contributed by atoms with Crippen LogP contribution in [0.1, 0.15) is 61.6 Å². The van der Waals surface area contributed by atoms with Gasteiger partial charge in [0, 0.05) is 13.2 Å². The maximum Gasteiger partial charge on any atom is 0.304 e. The average Bonchev–Trinajstić information content (AvgIpc) is 3.19. The molecule has 1 aromatic carbocycles. The Morgan fingerprint density at radius 1 is 1.26 bits per heavy atom. The quantitative estimate of drug-likeness (QED) is 0.605. The lowest BCUT2D eigenvalue weighted by molar-refractivity contribution is -0.136. The van der Waals surface area contributed by atoms with Crippen molar-refractivity contribution < 1.29 is 22.7 Å². The Balaban J connectivity index is 1.38. The van der Waals surface area contributed by atoms with E-state index in [-0.39, 0.29) is 11.2 Å². The van der Waals surface area contributed by atoms with Gasteiger partial charge in [-0.25, -0.2) is 12.8 Å². The standard InChI is InChI=1S/C27H31FN2O4S/c1-27-11-9-22-21-6-4-20(30(2)35(33,34)12-10-26(31)32)14-17(21)3-5-23(22)25(27)8-7-24(27)18-13-19(28)16-29-15-18/h4,6-7,13-16,22-23,25H,3,5,8-12H2,1-2H3,(H,31,32)/t22?,23?,25?,27-/m1/s1. The van der Waals surface area contributed by atoms with Crippen LogP contribution in [0.15, 0.2) is 42.7 Å². The number of aliphatic carboxylic acids is 1. The highest BCUT2D eigenvalue weighted by Crippen LogP contribution is 2.63. The number of pyridine rings is 1. The summed E-state index contributed by atoms with van der Waals surface area (Å²) in [5.74, 6) is -0.400. The minimum absolute atomic E-state index is 0.00647. The highest BCUT2D eigenvalue weighted by Gasteiger charge is 2.52. The molecule has 1 heterocycles. The summed E-state index contributed by atoms with van der Waals surface area (Å²) in [5.41, 5.74) is 5.20. The lowest BCUT2D eigenvalue weighted by atomic mass is 9.54. The molecule has 1 N–H and O–H groups in total. The van der Waals surface area contributed by atoms with Gasteiger partial charge in [-0.3, -0.25) is 14.1 Å². The van der Waals surface area contributed by atoms with E-state index in [0.717, 1.165) is 37.7 Å². The molecule has 5 rings (SSSR count). The third-order valence-corrected chi connectivity index (χ3v) is 10.4. The number of hydrogen-bond donors (Lipinski definition) is 1. The van der Waals surface area contributed by atoms with E-state index in [9.17, 15) is 17.6 Å². The molecule has 35 heavy (non-hydrogen) atoms. The van der Waals surface area contributed by atoms with Crippen LogP contribution < -0.4 is 4.31 Å². The zero-order valence-corrected chi connectivity index (χ0v) is 20.9. The van der Waals surface area contributed by atoms with Crippen molar-refractivity contribution in [2.75, 3.05) is 17.1 Å². The van der Waals surface area contributed by atoms with Crippen LogP contribution in [-0.4, -0.2) is 37.3 Å². The predicted molar refractivity (Wildman–Crippen MR) is 133 cm³/mol.